The largest absolute Gasteiger partial charge is 0.465 e. The summed E-state index contributed by atoms with van der Waals surface area (Å²) in [5.41, 5.74) is 3.69. The third-order valence-electron chi connectivity index (χ3n) is 1.84. The third kappa shape index (κ3) is 2.63. The molecule has 1 aromatic rings. The van der Waals surface area contributed by atoms with Crippen LogP contribution in [0.1, 0.15) is 5.56 Å². The lowest BCUT2D eigenvalue weighted by Gasteiger charge is -2.04. The number of esters is 1. The first-order chi connectivity index (χ1) is 7.19. The lowest BCUT2D eigenvalue weighted by Crippen LogP contribution is -2.02. The van der Waals surface area contributed by atoms with E-state index in [2.05, 4.69) is 22.0 Å². The third-order valence-corrected chi connectivity index (χ3v) is 1.84. The minimum Gasteiger partial charge on any atom is -0.465 e. The van der Waals surface area contributed by atoms with E-state index < -0.39 is 5.97 Å². The van der Waals surface area contributed by atoms with Crippen LogP contribution in [0.2, 0.25) is 0 Å². The molecule has 0 saturated heterocycles. The van der Waals surface area contributed by atoms with Crippen LogP contribution < -0.4 is 5.43 Å². The number of benzene rings is 1. The van der Waals surface area contributed by atoms with Crippen molar-refractivity contribution in [3.63, 3.8) is 0 Å². The first kappa shape index (κ1) is 10.9. The molecule has 1 aromatic carbocycles. The number of hydrogen-bond donors (Lipinski definition) is 1. The van der Waals surface area contributed by atoms with Gasteiger partial charge in [-0.25, -0.2) is 10.2 Å². The number of ether oxygens (including phenoxy) is 1. The molecule has 15 heavy (non-hydrogen) atoms. The van der Waals surface area contributed by atoms with E-state index in [-0.39, 0.29) is 5.57 Å². The van der Waals surface area contributed by atoms with Gasteiger partial charge in [0.2, 0.25) is 0 Å². The lowest BCUT2D eigenvalue weighted by atomic mass is 10.1. The number of anilines is 1. The van der Waals surface area contributed by atoms with Crippen LogP contribution in [0.3, 0.4) is 0 Å². The van der Waals surface area contributed by atoms with Gasteiger partial charge in [-0.1, -0.05) is 18.7 Å². The Morgan fingerprint density at radius 3 is 2.47 bits per heavy atom. The minimum absolute atomic E-state index is 0.267. The van der Waals surface area contributed by atoms with Crippen molar-refractivity contribution in [2.24, 2.45) is 5.29 Å². The van der Waals surface area contributed by atoms with Gasteiger partial charge in [-0.3, -0.25) is 0 Å². The van der Waals surface area contributed by atoms with Gasteiger partial charge >= 0.3 is 5.97 Å². The van der Waals surface area contributed by atoms with Gasteiger partial charge in [-0.15, -0.1) is 4.91 Å². The summed E-state index contributed by atoms with van der Waals surface area (Å²) in [7, 11) is 1.29. The molecule has 0 spiro atoms. The predicted octanol–water partition coefficient (Wildman–Crippen LogP) is 1.97. The van der Waals surface area contributed by atoms with Crippen molar-refractivity contribution in [3.8, 4) is 0 Å². The summed E-state index contributed by atoms with van der Waals surface area (Å²) >= 11 is 0. The molecule has 5 heteroatoms. The Hall–Kier alpha value is -2.17. The van der Waals surface area contributed by atoms with E-state index in [1.165, 1.54) is 7.11 Å². The zero-order chi connectivity index (χ0) is 11.3. The summed E-state index contributed by atoms with van der Waals surface area (Å²) in [6, 6.07) is 6.52. The fourth-order valence-electron chi connectivity index (χ4n) is 1.04. The van der Waals surface area contributed by atoms with E-state index in [1.807, 2.05) is 0 Å². The molecule has 1 rings (SSSR count). The number of hydrogen-bond acceptors (Lipinski definition) is 4. The van der Waals surface area contributed by atoms with Gasteiger partial charge in [0.15, 0.2) is 0 Å². The monoisotopic (exact) mass is 206 g/mol. The van der Waals surface area contributed by atoms with E-state index in [0.29, 0.717) is 11.3 Å². The summed E-state index contributed by atoms with van der Waals surface area (Å²) in [6.45, 7) is 3.59. The molecular weight excluding hydrogens is 196 g/mol. The van der Waals surface area contributed by atoms with Crippen molar-refractivity contribution in [1.82, 2.24) is 0 Å². The van der Waals surface area contributed by atoms with Gasteiger partial charge < -0.3 is 4.74 Å². The van der Waals surface area contributed by atoms with Crippen LogP contribution in [0.5, 0.6) is 0 Å². The highest BCUT2D eigenvalue weighted by atomic mass is 16.5. The highest BCUT2D eigenvalue weighted by Gasteiger charge is 2.08. The van der Waals surface area contributed by atoms with Crippen molar-refractivity contribution < 1.29 is 9.53 Å². The normalized spacial score (nSPS) is 9.13. The average molecular weight is 206 g/mol. The molecule has 0 bridgehead atoms. The van der Waals surface area contributed by atoms with Crippen LogP contribution in [0.15, 0.2) is 36.1 Å². The zero-order valence-corrected chi connectivity index (χ0v) is 8.19. The fraction of sp³-hybridized carbons (Fsp3) is 0.100. The number of carbonyl (C=O) groups excluding carboxylic acids is 1. The number of nitroso groups, excluding NO2 is 1. The summed E-state index contributed by atoms with van der Waals surface area (Å²) in [5, 5.41) is 2.52. The van der Waals surface area contributed by atoms with Crippen LogP contribution >= 0.6 is 0 Å². The van der Waals surface area contributed by atoms with Gasteiger partial charge in [-0.05, 0) is 17.7 Å². The van der Waals surface area contributed by atoms with Crippen molar-refractivity contribution in [1.29, 1.82) is 0 Å². The zero-order valence-electron chi connectivity index (χ0n) is 8.19. The molecule has 0 aromatic heterocycles. The van der Waals surface area contributed by atoms with E-state index in [9.17, 15) is 9.70 Å². The molecule has 0 amide bonds. The number of nitrogens with zero attached hydrogens (tertiary/aromatic N) is 1. The molecule has 0 saturated carbocycles. The quantitative estimate of drug-likeness (QED) is 0.354. The van der Waals surface area contributed by atoms with Crippen LogP contribution in [-0.2, 0) is 9.53 Å². The van der Waals surface area contributed by atoms with Crippen molar-refractivity contribution in [2.45, 2.75) is 0 Å². The molecule has 0 radical (unpaired) electrons. The number of nitrogens with one attached hydrogen (secondary N) is 1. The lowest BCUT2D eigenvalue weighted by molar-refractivity contribution is -0.133. The molecule has 0 unspecified atom stereocenters. The highest BCUT2D eigenvalue weighted by molar-refractivity contribution is 6.15. The molecule has 1 N–H and O–H groups in total. The van der Waals surface area contributed by atoms with E-state index >= 15 is 0 Å². The Balaban J connectivity index is 2.84. The molecule has 5 nitrogen and oxygen atoms in total. The van der Waals surface area contributed by atoms with Crippen molar-refractivity contribution in [3.05, 3.63) is 41.3 Å². The second-order valence-electron chi connectivity index (χ2n) is 2.75. The standard InChI is InChI=1S/C10H10N2O3/c1-7(10(13)15-2)8-3-5-9(6-4-8)11-12-14/h3-6H,1H2,2H3,(H,11,14). The Morgan fingerprint density at radius 1 is 1.40 bits per heavy atom. The molecular formula is C10H10N2O3. The molecule has 0 atom stereocenters. The molecule has 0 aliphatic heterocycles. The summed E-state index contributed by atoms with van der Waals surface area (Å²) < 4.78 is 4.52. The Morgan fingerprint density at radius 2 is 2.00 bits per heavy atom. The molecule has 0 aliphatic carbocycles. The van der Waals surface area contributed by atoms with Crippen molar-refractivity contribution >= 4 is 17.2 Å². The number of methoxy groups -OCH3 is 1. The van der Waals surface area contributed by atoms with Gasteiger partial charge in [0.25, 0.3) is 0 Å². The highest BCUT2D eigenvalue weighted by Crippen LogP contribution is 2.16. The van der Waals surface area contributed by atoms with E-state index in [1.54, 1.807) is 24.3 Å². The second-order valence-corrected chi connectivity index (χ2v) is 2.75. The Bertz CT molecular complexity index is 384. The van der Waals surface area contributed by atoms with Crippen LogP contribution in [-0.4, -0.2) is 13.1 Å². The molecule has 78 valence electrons. The first-order valence-corrected chi connectivity index (χ1v) is 4.15. The van der Waals surface area contributed by atoms with Crippen LogP contribution in [0.25, 0.3) is 5.57 Å². The average Bonchev–Trinajstić information content (AvgIpc) is 2.28. The number of carbonyl (C=O) groups is 1. The number of rotatable bonds is 4. The van der Waals surface area contributed by atoms with Gasteiger partial charge in [0.1, 0.15) is 0 Å². The molecule has 0 fully saturated rings. The fourth-order valence-corrected chi connectivity index (χ4v) is 1.04. The van der Waals surface area contributed by atoms with Gasteiger partial charge in [0, 0.05) is 0 Å². The predicted molar refractivity (Wildman–Crippen MR) is 56.9 cm³/mol. The van der Waals surface area contributed by atoms with Crippen LogP contribution in [0.4, 0.5) is 5.69 Å². The molecule has 0 aliphatic rings. The minimum atomic E-state index is -0.482. The molecule has 0 heterocycles. The summed E-state index contributed by atoms with van der Waals surface area (Å²) in [5.74, 6) is -0.482. The maximum absolute atomic E-state index is 11.1. The maximum Gasteiger partial charge on any atom is 0.337 e. The first-order valence-electron chi connectivity index (χ1n) is 4.15. The summed E-state index contributed by atoms with van der Waals surface area (Å²) in [4.78, 5) is 21.0. The second kappa shape index (κ2) is 4.90. The Labute approximate surface area is 86.7 Å². The smallest absolute Gasteiger partial charge is 0.337 e. The summed E-state index contributed by atoms with van der Waals surface area (Å²) in [6.07, 6.45) is 0. The van der Waals surface area contributed by atoms with Gasteiger partial charge in [0.05, 0.1) is 23.7 Å². The van der Waals surface area contributed by atoms with E-state index in [4.69, 9.17) is 0 Å². The van der Waals surface area contributed by atoms with Crippen molar-refractivity contribution in [2.75, 3.05) is 12.5 Å². The van der Waals surface area contributed by atoms with Crippen LogP contribution in [0, 0.1) is 4.91 Å². The maximum atomic E-state index is 11.1. The topological polar surface area (TPSA) is 67.8 Å². The Kier molecular flexibility index (Phi) is 3.56. The SMILES string of the molecule is C=C(C(=O)OC)c1ccc(NN=O)cc1. The van der Waals surface area contributed by atoms with Gasteiger partial charge in [-0.2, -0.15) is 0 Å². The van der Waals surface area contributed by atoms with E-state index in [0.717, 1.165) is 0 Å².